The third-order valence-corrected chi connectivity index (χ3v) is 4.99. The minimum Gasteiger partial charge on any atom is -0.391 e. The smallest absolute Gasteiger partial charge is 0.241 e. The summed E-state index contributed by atoms with van der Waals surface area (Å²) in [5, 5.41) is 10.5. The first-order chi connectivity index (χ1) is 9.01. The van der Waals surface area contributed by atoms with Crippen LogP contribution in [-0.2, 0) is 23.2 Å². The third kappa shape index (κ3) is 3.60. The first kappa shape index (κ1) is 14.1. The van der Waals surface area contributed by atoms with E-state index in [4.69, 9.17) is 5.11 Å². The van der Waals surface area contributed by atoms with Crippen molar-refractivity contribution in [2.75, 3.05) is 0 Å². The lowest BCUT2D eigenvalue weighted by Gasteiger charge is -2.05. The molecule has 0 saturated carbocycles. The zero-order valence-corrected chi connectivity index (χ0v) is 12.0. The van der Waals surface area contributed by atoms with Crippen LogP contribution in [0.25, 0.3) is 0 Å². The highest BCUT2D eigenvalue weighted by molar-refractivity contribution is 7.89. The van der Waals surface area contributed by atoms with Gasteiger partial charge in [-0.3, -0.25) is 4.98 Å². The van der Waals surface area contributed by atoms with Crippen molar-refractivity contribution < 1.29 is 13.5 Å². The van der Waals surface area contributed by atoms with Gasteiger partial charge < -0.3 is 5.11 Å². The monoisotopic (exact) mass is 298 g/mol. The predicted octanol–water partition coefficient (Wildman–Crippen LogP) is 1.42. The number of aliphatic hydroxyl groups excluding tert-OH is 1. The minimum atomic E-state index is -3.54. The van der Waals surface area contributed by atoms with Crippen LogP contribution in [0.4, 0.5) is 0 Å². The molecule has 2 rings (SSSR count). The number of hydrogen-bond donors (Lipinski definition) is 2. The maximum Gasteiger partial charge on any atom is 0.241 e. The van der Waals surface area contributed by atoms with Gasteiger partial charge in [-0.15, -0.1) is 11.3 Å². The van der Waals surface area contributed by atoms with E-state index in [1.54, 1.807) is 6.20 Å². The molecule has 0 atom stereocenters. The molecule has 0 aliphatic heterocycles. The highest BCUT2D eigenvalue weighted by atomic mass is 32.2. The van der Waals surface area contributed by atoms with Gasteiger partial charge in [0.2, 0.25) is 10.0 Å². The Morgan fingerprint density at radius 3 is 2.79 bits per heavy atom. The number of aromatic nitrogens is 1. The van der Waals surface area contributed by atoms with Gasteiger partial charge >= 0.3 is 0 Å². The summed E-state index contributed by atoms with van der Waals surface area (Å²) in [6.07, 6.45) is 1.64. The number of nitrogens with one attached hydrogen (secondary N) is 1. The Bertz CT molecular complexity index is 648. The first-order valence-corrected chi connectivity index (χ1v) is 7.97. The Kier molecular flexibility index (Phi) is 4.31. The number of hydrogen-bond acceptors (Lipinski definition) is 5. The SMILES string of the molecule is Cc1ccc(CNS(=O)(=O)c2csc(CO)c2)cn1. The molecule has 5 nitrogen and oxygen atoms in total. The zero-order valence-electron chi connectivity index (χ0n) is 10.3. The van der Waals surface area contributed by atoms with Crippen molar-refractivity contribution in [1.29, 1.82) is 0 Å². The first-order valence-electron chi connectivity index (χ1n) is 5.61. The van der Waals surface area contributed by atoms with Crippen LogP contribution < -0.4 is 4.72 Å². The molecule has 0 unspecified atom stereocenters. The fourth-order valence-electron chi connectivity index (χ4n) is 1.45. The molecular weight excluding hydrogens is 284 g/mol. The van der Waals surface area contributed by atoms with E-state index in [-0.39, 0.29) is 18.0 Å². The fourth-order valence-corrected chi connectivity index (χ4v) is 3.60. The zero-order chi connectivity index (χ0) is 13.9. The Balaban J connectivity index is 2.07. The van der Waals surface area contributed by atoms with Crippen molar-refractivity contribution in [3.05, 3.63) is 45.9 Å². The molecule has 0 amide bonds. The predicted molar refractivity (Wildman–Crippen MR) is 73.2 cm³/mol. The largest absolute Gasteiger partial charge is 0.391 e. The summed E-state index contributed by atoms with van der Waals surface area (Å²) in [5.41, 5.74) is 1.68. The van der Waals surface area contributed by atoms with E-state index in [1.165, 1.54) is 22.8 Å². The Hall–Kier alpha value is -1.28. The second kappa shape index (κ2) is 5.79. The Labute approximate surface area is 116 Å². The number of thiophene rings is 1. The van der Waals surface area contributed by atoms with Crippen LogP contribution in [-0.4, -0.2) is 18.5 Å². The van der Waals surface area contributed by atoms with E-state index in [0.717, 1.165) is 11.3 Å². The average molecular weight is 298 g/mol. The van der Waals surface area contributed by atoms with E-state index < -0.39 is 10.0 Å². The minimum absolute atomic E-state index is 0.151. The molecule has 0 fully saturated rings. The van der Waals surface area contributed by atoms with E-state index in [9.17, 15) is 8.42 Å². The fraction of sp³-hybridized carbons (Fsp3) is 0.250. The number of aliphatic hydroxyl groups is 1. The molecule has 102 valence electrons. The molecule has 7 heteroatoms. The van der Waals surface area contributed by atoms with Crippen molar-refractivity contribution >= 4 is 21.4 Å². The number of rotatable bonds is 5. The van der Waals surface area contributed by atoms with E-state index in [1.807, 2.05) is 19.1 Å². The highest BCUT2D eigenvalue weighted by Gasteiger charge is 2.15. The molecule has 0 aliphatic rings. The second-order valence-electron chi connectivity index (χ2n) is 4.04. The lowest BCUT2D eigenvalue weighted by atomic mass is 10.2. The number of sulfonamides is 1. The second-order valence-corrected chi connectivity index (χ2v) is 6.80. The van der Waals surface area contributed by atoms with Crippen molar-refractivity contribution in [1.82, 2.24) is 9.71 Å². The van der Waals surface area contributed by atoms with Gasteiger partial charge in [-0.1, -0.05) is 6.07 Å². The van der Waals surface area contributed by atoms with Crippen LogP contribution in [0.2, 0.25) is 0 Å². The van der Waals surface area contributed by atoms with Crippen molar-refractivity contribution in [2.45, 2.75) is 25.0 Å². The Morgan fingerprint density at radius 2 is 2.21 bits per heavy atom. The van der Waals surface area contributed by atoms with Gasteiger partial charge in [0.05, 0.1) is 11.5 Å². The van der Waals surface area contributed by atoms with Crippen molar-refractivity contribution in [3.63, 3.8) is 0 Å². The van der Waals surface area contributed by atoms with Gasteiger partial charge in [0.15, 0.2) is 0 Å². The Morgan fingerprint density at radius 1 is 1.42 bits per heavy atom. The van der Waals surface area contributed by atoms with Crippen LogP contribution in [0.1, 0.15) is 16.1 Å². The van der Waals surface area contributed by atoms with Crippen molar-refractivity contribution in [2.24, 2.45) is 0 Å². The van der Waals surface area contributed by atoms with Gasteiger partial charge in [-0.25, -0.2) is 13.1 Å². The lowest BCUT2D eigenvalue weighted by Crippen LogP contribution is -2.22. The standard InChI is InChI=1S/C12H14N2O3S2/c1-9-2-3-10(5-13-9)6-14-19(16,17)12-4-11(7-15)18-8-12/h2-5,8,14-15H,6-7H2,1H3. The number of nitrogens with zero attached hydrogens (tertiary/aromatic N) is 1. The van der Waals surface area contributed by atoms with Gasteiger partial charge in [0, 0.05) is 28.7 Å². The average Bonchev–Trinajstić information content (AvgIpc) is 2.88. The van der Waals surface area contributed by atoms with E-state index in [0.29, 0.717) is 4.88 Å². The molecule has 0 bridgehead atoms. The van der Waals surface area contributed by atoms with Gasteiger partial charge in [0.1, 0.15) is 0 Å². The molecule has 19 heavy (non-hydrogen) atoms. The summed E-state index contributed by atoms with van der Waals surface area (Å²) in [6, 6.07) is 5.14. The molecule has 0 spiro atoms. The van der Waals surface area contributed by atoms with E-state index in [2.05, 4.69) is 9.71 Å². The van der Waals surface area contributed by atoms with Gasteiger partial charge in [-0.2, -0.15) is 0 Å². The van der Waals surface area contributed by atoms with Gasteiger partial charge in [-0.05, 0) is 24.6 Å². The quantitative estimate of drug-likeness (QED) is 0.875. The number of aryl methyl sites for hydroxylation is 1. The molecule has 2 aromatic heterocycles. The lowest BCUT2D eigenvalue weighted by molar-refractivity contribution is 0.285. The summed E-state index contributed by atoms with van der Waals surface area (Å²) >= 11 is 1.22. The molecule has 2 aromatic rings. The molecule has 0 saturated heterocycles. The number of pyridine rings is 1. The molecular formula is C12H14N2O3S2. The van der Waals surface area contributed by atoms with Crippen LogP contribution in [0, 0.1) is 6.92 Å². The van der Waals surface area contributed by atoms with Crippen LogP contribution >= 0.6 is 11.3 Å². The molecule has 2 N–H and O–H groups in total. The topological polar surface area (TPSA) is 79.3 Å². The molecule has 2 heterocycles. The molecule has 0 aromatic carbocycles. The normalized spacial score (nSPS) is 11.7. The summed E-state index contributed by atoms with van der Waals surface area (Å²) < 4.78 is 26.5. The highest BCUT2D eigenvalue weighted by Crippen LogP contribution is 2.19. The summed E-state index contributed by atoms with van der Waals surface area (Å²) in [7, 11) is -3.54. The summed E-state index contributed by atoms with van der Waals surface area (Å²) in [6.45, 7) is 1.91. The van der Waals surface area contributed by atoms with Crippen molar-refractivity contribution in [3.8, 4) is 0 Å². The third-order valence-electron chi connectivity index (χ3n) is 2.53. The molecule has 0 radical (unpaired) electrons. The summed E-state index contributed by atoms with van der Waals surface area (Å²) in [4.78, 5) is 4.91. The maximum absolute atomic E-state index is 12.0. The molecule has 0 aliphatic carbocycles. The van der Waals surface area contributed by atoms with Crippen LogP contribution in [0.3, 0.4) is 0 Å². The summed E-state index contributed by atoms with van der Waals surface area (Å²) in [5.74, 6) is 0. The van der Waals surface area contributed by atoms with Crippen LogP contribution in [0.5, 0.6) is 0 Å². The maximum atomic E-state index is 12.0. The van der Waals surface area contributed by atoms with Gasteiger partial charge in [0.25, 0.3) is 0 Å². The van der Waals surface area contributed by atoms with Crippen LogP contribution in [0.15, 0.2) is 34.7 Å². The van der Waals surface area contributed by atoms with E-state index >= 15 is 0 Å².